The Morgan fingerprint density at radius 1 is 0.894 bits per heavy atom. The lowest BCUT2D eigenvalue weighted by atomic mass is 10.0. The van der Waals surface area contributed by atoms with Gasteiger partial charge in [-0.1, -0.05) is 84.8 Å². The molecule has 2 unspecified atom stereocenters. The highest BCUT2D eigenvalue weighted by Gasteiger charge is 2.35. The van der Waals surface area contributed by atoms with E-state index in [4.69, 9.17) is 16.3 Å². The number of rotatable bonds is 14. The molecule has 0 radical (unpaired) electrons. The summed E-state index contributed by atoms with van der Waals surface area (Å²) < 4.78 is 35.1. The molecular weight excluding hydrogens is 634 g/mol. The third-order valence-corrected chi connectivity index (χ3v) is 10.3. The minimum Gasteiger partial charge on any atom is -0.497 e. The van der Waals surface area contributed by atoms with Crippen molar-refractivity contribution in [3.63, 3.8) is 0 Å². The number of amides is 2. The molecule has 0 spiro atoms. The van der Waals surface area contributed by atoms with Crippen LogP contribution in [0.3, 0.4) is 0 Å². The van der Waals surface area contributed by atoms with Crippen molar-refractivity contribution in [2.75, 3.05) is 18.0 Å². The average Bonchev–Trinajstić information content (AvgIpc) is 3.07. The Labute approximate surface area is 283 Å². The van der Waals surface area contributed by atoms with E-state index in [9.17, 15) is 18.0 Å². The summed E-state index contributed by atoms with van der Waals surface area (Å²) in [4.78, 5) is 30.2. The van der Waals surface area contributed by atoms with Crippen molar-refractivity contribution in [1.82, 2.24) is 10.2 Å². The van der Waals surface area contributed by atoms with Crippen LogP contribution in [0.4, 0.5) is 5.69 Å². The Hall–Kier alpha value is -4.34. The van der Waals surface area contributed by atoms with Gasteiger partial charge in [-0.3, -0.25) is 13.9 Å². The van der Waals surface area contributed by atoms with Gasteiger partial charge < -0.3 is 15.0 Å². The maximum Gasteiger partial charge on any atom is 0.264 e. The predicted octanol–water partition coefficient (Wildman–Crippen LogP) is 6.72. The van der Waals surface area contributed by atoms with Crippen molar-refractivity contribution < 1.29 is 22.7 Å². The fourth-order valence-corrected chi connectivity index (χ4v) is 6.82. The van der Waals surface area contributed by atoms with Gasteiger partial charge in [-0.15, -0.1) is 0 Å². The third kappa shape index (κ3) is 8.93. The highest BCUT2D eigenvalue weighted by atomic mass is 35.5. The van der Waals surface area contributed by atoms with E-state index in [1.807, 2.05) is 63.2 Å². The van der Waals surface area contributed by atoms with Crippen LogP contribution in [0.15, 0.2) is 102 Å². The second kappa shape index (κ2) is 16.0. The predicted molar refractivity (Wildman–Crippen MR) is 187 cm³/mol. The van der Waals surface area contributed by atoms with Crippen LogP contribution in [0.25, 0.3) is 0 Å². The Bertz CT molecular complexity index is 1780. The van der Waals surface area contributed by atoms with E-state index in [0.717, 1.165) is 21.0 Å². The Kier molecular flexibility index (Phi) is 12.1. The number of sulfonamides is 1. The lowest BCUT2D eigenvalue weighted by Gasteiger charge is -2.34. The molecule has 0 aliphatic carbocycles. The summed E-state index contributed by atoms with van der Waals surface area (Å²) in [5.74, 6) is -0.286. The maximum absolute atomic E-state index is 14.7. The highest BCUT2D eigenvalue weighted by molar-refractivity contribution is 7.92. The van der Waals surface area contributed by atoms with Crippen molar-refractivity contribution >= 4 is 39.1 Å². The first-order valence-electron chi connectivity index (χ1n) is 15.6. The summed E-state index contributed by atoms with van der Waals surface area (Å²) in [5, 5.41) is 3.41. The summed E-state index contributed by atoms with van der Waals surface area (Å²) in [6.07, 6.45) is 0.921. The zero-order valence-electron chi connectivity index (χ0n) is 27.4. The minimum absolute atomic E-state index is 0.0324. The number of aryl methyl sites for hydroxylation is 1. The number of nitrogens with zero attached hydrogens (tertiary/aromatic N) is 2. The molecule has 0 heterocycles. The smallest absolute Gasteiger partial charge is 0.264 e. The van der Waals surface area contributed by atoms with Gasteiger partial charge in [-0.05, 0) is 80.3 Å². The molecule has 0 bridgehead atoms. The molecule has 248 valence electrons. The van der Waals surface area contributed by atoms with Gasteiger partial charge in [0, 0.05) is 24.0 Å². The van der Waals surface area contributed by atoms with E-state index in [1.54, 1.807) is 56.5 Å². The van der Waals surface area contributed by atoms with Crippen molar-refractivity contribution in [2.24, 2.45) is 0 Å². The Balaban J connectivity index is 1.85. The fraction of sp³-hybridized carbons (Fsp3) is 0.297. The number of anilines is 1. The molecule has 4 rings (SSSR count). The summed E-state index contributed by atoms with van der Waals surface area (Å²) in [6, 6.07) is 27.0. The topological polar surface area (TPSA) is 96.0 Å². The quantitative estimate of drug-likeness (QED) is 0.160. The molecule has 47 heavy (non-hydrogen) atoms. The van der Waals surface area contributed by atoms with Gasteiger partial charge in [0.2, 0.25) is 11.8 Å². The fourth-order valence-electron chi connectivity index (χ4n) is 5.18. The molecule has 8 nitrogen and oxygen atoms in total. The summed E-state index contributed by atoms with van der Waals surface area (Å²) in [5.41, 5.74) is 3.25. The van der Waals surface area contributed by atoms with E-state index in [0.29, 0.717) is 22.8 Å². The molecule has 0 aromatic heterocycles. The van der Waals surface area contributed by atoms with Gasteiger partial charge in [-0.25, -0.2) is 8.42 Å². The first-order chi connectivity index (χ1) is 22.4. The number of halogens is 1. The van der Waals surface area contributed by atoms with Gasteiger partial charge in [0.05, 0.1) is 17.7 Å². The van der Waals surface area contributed by atoms with E-state index in [1.165, 1.54) is 17.0 Å². The summed E-state index contributed by atoms with van der Waals surface area (Å²) >= 11 is 6.47. The minimum atomic E-state index is -4.24. The number of benzene rings is 4. The molecule has 0 saturated heterocycles. The molecule has 0 fully saturated rings. The molecule has 0 saturated carbocycles. The van der Waals surface area contributed by atoms with Gasteiger partial charge in [0.25, 0.3) is 10.0 Å². The van der Waals surface area contributed by atoms with Crippen LogP contribution in [0.1, 0.15) is 42.5 Å². The van der Waals surface area contributed by atoms with Crippen LogP contribution < -0.4 is 14.4 Å². The molecule has 0 aliphatic heterocycles. The van der Waals surface area contributed by atoms with Crippen LogP contribution >= 0.6 is 11.6 Å². The molecule has 4 aromatic carbocycles. The molecular formula is C37H42ClN3O5S. The van der Waals surface area contributed by atoms with E-state index in [-0.39, 0.29) is 35.5 Å². The van der Waals surface area contributed by atoms with Crippen molar-refractivity contribution in [2.45, 2.75) is 64.1 Å². The largest absolute Gasteiger partial charge is 0.497 e. The summed E-state index contributed by atoms with van der Waals surface area (Å²) in [6.45, 7) is 6.93. The van der Waals surface area contributed by atoms with Gasteiger partial charge >= 0.3 is 0 Å². The molecule has 10 heteroatoms. The Morgan fingerprint density at radius 2 is 1.55 bits per heavy atom. The number of hydrogen-bond donors (Lipinski definition) is 1. The molecule has 0 aliphatic rings. The summed E-state index contributed by atoms with van der Waals surface area (Å²) in [7, 11) is -2.69. The van der Waals surface area contributed by atoms with Crippen LogP contribution in [0, 0.1) is 13.8 Å². The van der Waals surface area contributed by atoms with Gasteiger partial charge in [0.15, 0.2) is 0 Å². The maximum atomic E-state index is 14.7. The molecule has 4 aromatic rings. The second-order valence-electron chi connectivity index (χ2n) is 11.6. The second-order valence-corrected chi connectivity index (χ2v) is 13.9. The number of carbonyl (C=O) groups excluding carboxylic acids is 2. The van der Waals surface area contributed by atoms with Gasteiger partial charge in [-0.2, -0.15) is 0 Å². The zero-order chi connectivity index (χ0) is 34.1. The number of carbonyl (C=O) groups is 2. The van der Waals surface area contributed by atoms with Gasteiger partial charge in [0.1, 0.15) is 18.3 Å². The lowest BCUT2D eigenvalue weighted by Crippen LogP contribution is -2.54. The number of methoxy groups -OCH3 is 1. The van der Waals surface area contributed by atoms with Crippen molar-refractivity contribution in [3.05, 3.63) is 124 Å². The van der Waals surface area contributed by atoms with Crippen molar-refractivity contribution in [3.8, 4) is 5.75 Å². The zero-order valence-corrected chi connectivity index (χ0v) is 29.0. The van der Waals surface area contributed by atoms with Crippen LogP contribution in [0.5, 0.6) is 5.75 Å². The van der Waals surface area contributed by atoms with Crippen LogP contribution in [-0.4, -0.2) is 50.9 Å². The molecule has 1 N–H and O–H groups in total. The first kappa shape index (κ1) is 35.5. The van der Waals surface area contributed by atoms with Crippen LogP contribution in [0.2, 0.25) is 5.02 Å². The van der Waals surface area contributed by atoms with E-state index in [2.05, 4.69) is 5.32 Å². The first-order valence-corrected chi connectivity index (χ1v) is 17.4. The normalized spacial score (nSPS) is 12.6. The monoisotopic (exact) mass is 675 g/mol. The standard InChI is InChI=1S/C37H42ClN3O5S/c1-6-27(3)39-37(43)35(23-29-12-8-7-9-13-29)40(24-30-14-10-15-31(22-30)46-5)36(42)25-41(34-17-11-16-33(38)28(34)4)47(44,45)32-20-18-26(2)19-21-32/h7-22,27,35H,6,23-25H2,1-5H3,(H,39,43). The average molecular weight is 676 g/mol. The van der Waals surface area contributed by atoms with E-state index < -0.39 is 28.5 Å². The molecule has 2 amide bonds. The van der Waals surface area contributed by atoms with E-state index >= 15 is 0 Å². The SMILES string of the molecule is CCC(C)NC(=O)C(Cc1ccccc1)N(Cc1cccc(OC)c1)C(=O)CN(c1cccc(Cl)c1C)S(=O)(=O)c1ccc(C)cc1. The number of nitrogens with one attached hydrogen (secondary N) is 1. The highest BCUT2D eigenvalue weighted by Crippen LogP contribution is 2.31. The van der Waals surface area contributed by atoms with Crippen molar-refractivity contribution in [1.29, 1.82) is 0 Å². The number of hydrogen-bond acceptors (Lipinski definition) is 5. The number of ether oxygens (including phenoxy) is 1. The molecule has 2 atom stereocenters. The van der Waals surface area contributed by atoms with Crippen LogP contribution in [-0.2, 0) is 32.6 Å². The lowest BCUT2D eigenvalue weighted by molar-refractivity contribution is -0.140. The third-order valence-electron chi connectivity index (χ3n) is 8.15. The Morgan fingerprint density at radius 3 is 2.21 bits per heavy atom.